The molecule has 62 heavy (non-hydrogen) atoms. The molecule has 5 rings (SSSR count). The number of carbonyl (C=O) groups is 2. The van der Waals surface area contributed by atoms with Crippen LogP contribution in [0.5, 0.6) is 0 Å². The Morgan fingerprint density at radius 3 is 1.32 bits per heavy atom. The number of carbonyl (C=O) groups excluding carboxylic acids is 2. The molecule has 5 saturated heterocycles. The van der Waals surface area contributed by atoms with Gasteiger partial charge in [-0.15, -0.1) is 0 Å². The molecule has 0 amide bonds. The fourth-order valence-corrected chi connectivity index (χ4v) is 7.43. The van der Waals surface area contributed by atoms with Crippen molar-refractivity contribution in [1.82, 2.24) is 0 Å². The molecule has 28 nitrogen and oxygen atoms in total. The summed E-state index contributed by atoms with van der Waals surface area (Å²) in [5.41, 5.74) is 0. The van der Waals surface area contributed by atoms with Crippen molar-refractivity contribution in [3.05, 3.63) is 0 Å². The summed E-state index contributed by atoms with van der Waals surface area (Å²) in [5.74, 6) is -4.50. The quantitative estimate of drug-likeness (QED) is 0.0639. The predicted octanol–water partition coefficient (Wildman–Crippen LogP) is -10.8. The van der Waals surface area contributed by atoms with Crippen molar-refractivity contribution < 1.29 is 138 Å². The van der Waals surface area contributed by atoms with E-state index in [2.05, 4.69) is 0 Å². The molecule has 0 aromatic heterocycles. The van der Waals surface area contributed by atoms with Gasteiger partial charge in [-0.3, -0.25) is 9.59 Å². The molecular formula is C34H56O28. The van der Waals surface area contributed by atoms with Gasteiger partial charge in [-0.05, 0) is 0 Å². The van der Waals surface area contributed by atoms with E-state index in [-0.39, 0.29) is 0 Å². The molecule has 0 unspecified atom stereocenters. The van der Waals surface area contributed by atoms with Crippen molar-refractivity contribution in [2.75, 3.05) is 39.6 Å². The van der Waals surface area contributed by atoms with Crippen LogP contribution in [-0.2, 0) is 61.7 Å². The molecular weight excluding hydrogens is 856 g/mol. The fraction of sp³-hybridized carbons (Fsp3) is 0.941. The molecule has 5 fully saturated rings. The SMILES string of the molecule is CC(=O)OC[C@H]1O[C@H](O[C@]2(CO)O[C@H](CO)[C@@H](O)[C@@H]2O)[C@H](O[C@@H]2O[C@H](CO)[C@@H](O)[C@H](O)[C@H]2O)[C@@H](O[C@@H]2O[C@H](COC(C)=O)[C@@H](O[C@@H]3O[C@H](CO)[C@@H](O)[C@H](O)[C@H]3O)[C@H](O)[C@H]2O)[C@@H]1O. The first kappa shape index (κ1) is 51.0. The van der Waals surface area contributed by atoms with Crippen molar-refractivity contribution in [2.45, 2.75) is 161 Å². The maximum atomic E-state index is 11.9. The average Bonchev–Trinajstić information content (AvgIpc) is 3.48. The highest BCUT2D eigenvalue weighted by Gasteiger charge is 2.61. The Hall–Kier alpha value is -2.02. The summed E-state index contributed by atoms with van der Waals surface area (Å²) >= 11 is 0. The summed E-state index contributed by atoms with van der Waals surface area (Å²) < 4.78 is 61.6. The van der Waals surface area contributed by atoms with Crippen molar-refractivity contribution >= 4 is 11.9 Å². The summed E-state index contributed by atoms with van der Waals surface area (Å²) in [4.78, 5) is 23.8. The number of aliphatic hydroxyl groups is 15. The van der Waals surface area contributed by atoms with E-state index in [9.17, 15) is 86.2 Å². The summed E-state index contributed by atoms with van der Waals surface area (Å²) in [6, 6.07) is 0. The lowest BCUT2D eigenvalue weighted by atomic mass is 9.95. The van der Waals surface area contributed by atoms with Gasteiger partial charge in [0.1, 0.15) is 136 Å². The maximum Gasteiger partial charge on any atom is 0.302 e. The zero-order valence-electron chi connectivity index (χ0n) is 33.0. The van der Waals surface area contributed by atoms with Crippen LogP contribution in [0.1, 0.15) is 13.8 Å². The Morgan fingerprint density at radius 2 is 0.871 bits per heavy atom. The van der Waals surface area contributed by atoms with Gasteiger partial charge >= 0.3 is 11.9 Å². The Bertz CT molecular complexity index is 1440. The van der Waals surface area contributed by atoms with E-state index in [0.29, 0.717) is 0 Å². The molecule has 24 atom stereocenters. The van der Waals surface area contributed by atoms with Crippen LogP contribution in [0.3, 0.4) is 0 Å². The van der Waals surface area contributed by atoms with Crippen LogP contribution in [0, 0.1) is 0 Å². The largest absolute Gasteiger partial charge is 0.463 e. The van der Waals surface area contributed by atoms with Gasteiger partial charge in [0, 0.05) is 13.8 Å². The molecule has 15 N–H and O–H groups in total. The van der Waals surface area contributed by atoms with E-state index in [4.69, 9.17) is 52.1 Å². The van der Waals surface area contributed by atoms with Gasteiger partial charge in [0.05, 0.1) is 19.8 Å². The summed E-state index contributed by atoms with van der Waals surface area (Å²) in [7, 11) is 0. The molecule has 5 aliphatic rings. The van der Waals surface area contributed by atoms with Gasteiger partial charge in [0.25, 0.3) is 0 Å². The van der Waals surface area contributed by atoms with Gasteiger partial charge < -0.3 is 129 Å². The van der Waals surface area contributed by atoms with Crippen LogP contribution < -0.4 is 0 Å². The first-order valence-electron chi connectivity index (χ1n) is 19.4. The normalized spacial score (nSPS) is 48.8. The molecule has 0 bridgehead atoms. The minimum atomic E-state index is -2.70. The Balaban J connectivity index is 1.53. The Kier molecular flexibility index (Phi) is 17.7. The number of hydrogen-bond acceptors (Lipinski definition) is 28. The molecule has 0 aliphatic carbocycles. The van der Waals surface area contributed by atoms with Crippen LogP contribution in [-0.4, -0.2) is 275 Å². The summed E-state index contributed by atoms with van der Waals surface area (Å²) in [6.45, 7) is -3.68. The third kappa shape index (κ3) is 10.6. The smallest absolute Gasteiger partial charge is 0.302 e. The first-order chi connectivity index (χ1) is 29.2. The van der Waals surface area contributed by atoms with Crippen LogP contribution in [0.15, 0.2) is 0 Å². The van der Waals surface area contributed by atoms with E-state index in [1.54, 1.807) is 0 Å². The van der Waals surface area contributed by atoms with E-state index in [1.165, 1.54) is 0 Å². The number of hydrogen-bond donors (Lipinski definition) is 15. The standard InChI is InChI=1S/C34H56O28/c1-9(39)52-6-14-18(43)27(59-32-25(50)22(47)26(15(57-32)7-53-10(2)40)58-30-23(48)20(45)16(41)11(3-35)54-30)28(60-31-24(49)21(46)17(42)12(4-36)55-31)33(56-14)62-34(8-38)29(51)19(44)13(5-37)61-34/h11-33,35-38,41-51H,3-8H2,1-2H3/t11-,12-,13-,14-,15-,16-,17-,18-,19-,20+,21+,22-,23-,24-,25-,26-,27+,28-,29+,30+,31+,32+,33-,34+/m1/s1. The van der Waals surface area contributed by atoms with Gasteiger partial charge in [0.15, 0.2) is 25.2 Å². The summed E-state index contributed by atoms with van der Waals surface area (Å²) in [6.07, 6.45) is -45.3. The van der Waals surface area contributed by atoms with Gasteiger partial charge in [-0.25, -0.2) is 0 Å². The Labute approximate surface area is 350 Å². The van der Waals surface area contributed by atoms with E-state index in [0.717, 1.165) is 13.8 Å². The Morgan fingerprint density at radius 1 is 0.452 bits per heavy atom. The zero-order chi connectivity index (χ0) is 46.0. The molecule has 0 saturated carbocycles. The van der Waals surface area contributed by atoms with Crippen LogP contribution in [0.25, 0.3) is 0 Å². The third-order valence-electron chi connectivity index (χ3n) is 11.0. The van der Waals surface area contributed by atoms with Crippen LogP contribution in [0.2, 0.25) is 0 Å². The second-order valence-corrected chi connectivity index (χ2v) is 15.2. The topological polar surface area (TPSA) is 439 Å². The molecule has 0 radical (unpaired) electrons. The predicted molar refractivity (Wildman–Crippen MR) is 186 cm³/mol. The maximum absolute atomic E-state index is 11.9. The average molecular weight is 913 g/mol. The second-order valence-electron chi connectivity index (χ2n) is 15.2. The molecule has 5 heterocycles. The molecule has 360 valence electrons. The fourth-order valence-electron chi connectivity index (χ4n) is 7.43. The lowest BCUT2D eigenvalue weighted by Gasteiger charge is -2.50. The van der Waals surface area contributed by atoms with Crippen molar-refractivity contribution in [3.63, 3.8) is 0 Å². The lowest BCUT2D eigenvalue weighted by Crippen LogP contribution is -2.69. The van der Waals surface area contributed by atoms with E-state index < -0.39 is 199 Å². The number of aliphatic hydroxyl groups excluding tert-OH is 15. The summed E-state index contributed by atoms with van der Waals surface area (Å²) in [5, 5.41) is 159. The minimum absolute atomic E-state index is 0.800. The highest BCUT2D eigenvalue weighted by molar-refractivity contribution is 5.66. The molecule has 5 aliphatic heterocycles. The molecule has 28 heteroatoms. The highest BCUT2D eigenvalue weighted by atomic mass is 16.8. The monoisotopic (exact) mass is 912 g/mol. The van der Waals surface area contributed by atoms with E-state index >= 15 is 0 Å². The van der Waals surface area contributed by atoms with Crippen molar-refractivity contribution in [3.8, 4) is 0 Å². The van der Waals surface area contributed by atoms with Crippen LogP contribution >= 0.6 is 0 Å². The lowest BCUT2D eigenvalue weighted by molar-refractivity contribution is -0.423. The van der Waals surface area contributed by atoms with Gasteiger partial charge in [0.2, 0.25) is 5.79 Å². The molecule has 0 spiro atoms. The number of rotatable bonds is 16. The second kappa shape index (κ2) is 21.5. The highest BCUT2D eigenvalue weighted by Crippen LogP contribution is 2.40. The van der Waals surface area contributed by atoms with Crippen molar-refractivity contribution in [2.24, 2.45) is 0 Å². The zero-order valence-corrected chi connectivity index (χ0v) is 33.0. The molecule has 0 aromatic carbocycles. The third-order valence-corrected chi connectivity index (χ3v) is 11.0. The molecule has 0 aromatic rings. The van der Waals surface area contributed by atoms with Crippen molar-refractivity contribution in [1.29, 1.82) is 0 Å². The van der Waals surface area contributed by atoms with Crippen LogP contribution in [0.4, 0.5) is 0 Å². The van der Waals surface area contributed by atoms with Gasteiger partial charge in [-0.2, -0.15) is 0 Å². The first-order valence-corrected chi connectivity index (χ1v) is 19.4. The number of ether oxygens (including phenoxy) is 11. The minimum Gasteiger partial charge on any atom is -0.463 e. The van der Waals surface area contributed by atoms with E-state index in [1.807, 2.05) is 0 Å². The van der Waals surface area contributed by atoms with Gasteiger partial charge in [-0.1, -0.05) is 0 Å². The number of esters is 2.